The van der Waals surface area contributed by atoms with E-state index >= 15 is 0 Å². The second-order valence-corrected chi connectivity index (χ2v) is 6.17. The molecule has 0 aromatic heterocycles. The van der Waals surface area contributed by atoms with Crippen molar-refractivity contribution in [3.63, 3.8) is 0 Å². The van der Waals surface area contributed by atoms with Crippen LogP contribution in [0.25, 0.3) is 0 Å². The lowest BCUT2D eigenvalue weighted by Gasteiger charge is -2.40. The number of hydrogen-bond donors (Lipinski definition) is 1. The van der Waals surface area contributed by atoms with E-state index in [9.17, 15) is 9.50 Å². The van der Waals surface area contributed by atoms with E-state index in [0.717, 1.165) is 13.1 Å². The summed E-state index contributed by atoms with van der Waals surface area (Å²) in [4.78, 5) is 2.35. The van der Waals surface area contributed by atoms with E-state index in [-0.39, 0.29) is 5.82 Å². The van der Waals surface area contributed by atoms with Gasteiger partial charge in [0.25, 0.3) is 0 Å². The minimum absolute atomic E-state index is 0.303. The zero-order chi connectivity index (χ0) is 14.0. The van der Waals surface area contributed by atoms with Crippen molar-refractivity contribution in [2.45, 2.75) is 44.8 Å². The topological polar surface area (TPSA) is 23.5 Å². The predicted molar refractivity (Wildman–Crippen MR) is 76.0 cm³/mol. The lowest BCUT2D eigenvalue weighted by Crippen LogP contribution is -2.47. The molecule has 1 aliphatic heterocycles. The van der Waals surface area contributed by atoms with Crippen LogP contribution in [0.5, 0.6) is 0 Å². The van der Waals surface area contributed by atoms with Crippen LogP contribution >= 0.6 is 11.6 Å². The van der Waals surface area contributed by atoms with Crippen molar-refractivity contribution in [3.8, 4) is 0 Å². The van der Waals surface area contributed by atoms with Crippen LogP contribution < -0.4 is 0 Å². The Hall–Kier alpha value is -0.640. The second-order valence-electron chi connectivity index (χ2n) is 5.77. The Bertz CT molecular complexity index is 442. The highest BCUT2D eigenvalue weighted by Crippen LogP contribution is 2.30. The molecule has 0 bridgehead atoms. The summed E-state index contributed by atoms with van der Waals surface area (Å²) in [6.07, 6.45) is 1.84. The van der Waals surface area contributed by atoms with Crippen molar-refractivity contribution in [2.75, 3.05) is 13.1 Å². The average molecular weight is 286 g/mol. The molecule has 106 valence electrons. The van der Waals surface area contributed by atoms with Gasteiger partial charge in [0.05, 0.1) is 5.60 Å². The molecule has 19 heavy (non-hydrogen) atoms. The Morgan fingerprint density at radius 3 is 2.58 bits per heavy atom. The predicted octanol–water partition coefficient (Wildman–Crippen LogP) is 3.26. The lowest BCUT2D eigenvalue weighted by molar-refractivity contribution is -0.0271. The molecular weight excluding hydrogens is 265 g/mol. The van der Waals surface area contributed by atoms with E-state index in [1.165, 1.54) is 12.1 Å². The molecule has 0 spiro atoms. The fourth-order valence-electron chi connectivity index (χ4n) is 2.67. The molecule has 1 heterocycles. The summed E-state index contributed by atoms with van der Waals surface area (Å²) in [6, 6.07) is 4.83. The number of aliphatic hydroxyl groups is 1. The summed E-state index contributed by atoms with van der Waals surface area (Å²) in [5.41, 5.74) is -0.0646. The number of likely N-dealkylation sites (tertiary alicyclic amines) is 1. The molecule has 0 amide bonds. The highest BCUT2D eigenvalue weighted by Gasteiger charge is 2.33. The molecule has 1 saturated heterocycles. The first kappa shape index (κ1) is 14.8. The highest BCUT2D eigenvalue weighted by atomic mass is 35.5. The first-order valence-electron chi connectivity index (χ1n) is 6.80. The van der Waals surface area contributed by atoms with Gasteiger partial charge in [0.15, 0.2) is 0 Å². The quantitative estimate of drug-likeness (QED) is 0.921. The van der Waals surface area contributed by atoms with Gasteiger partial charge in [-0.3, -0.25) is 0 Å². The van der Waals surface area contributed by atoms with Crippen molar-refractivity contribution in [2.24, 2.45) is 0 Å². The molecule has 0 radical (unpaired) electrons. The van der Waals surface area contributed by atoms with Crippen LogP contribution in [0.3, 0.4) is 0 Å². The number of piperidine rings is 1. The van der Waals surface area contributed by atoms with Gasteiger partial charge in [-0.25, -0.2) is 4.39 Å². The van der Waals surface area contributed by atoms with E-state index in [2.05, 4.69) is 18.7 Å². The molecule has 0 aliphatic carbocycles. The molecule has 4 heteroatoms. The van der Waals surface area contributed by atoms with E-state index in [4.69, 9.17) is 11.6 Å². The molecule has 2 nitrogen and oxygen atoms in total. The van der Waals surface area contributed by atoms with Gasteiger partial charge in [0.1, 0.15) is 5.82 Å². The fourth-order valence-corrected chi connectivity index (χ4v) is 2.85. The number of benzene rings is 1. The Morgan fingerprint density at radius 1 is 1.37 bits per heavy atom. The lowest BCUT2D eigenvalue weighted by atomic mass is 9.85. The fraction of sp³-hybridized carbons (Fsp3) is 0.600. The van der Waals surface area contributed by atoms with Gasteiger partial charge in [-0.2, -0.15) is 0 Å². The number of halogens is 2. The summed E-state index contributed by atoms with van der Waals surface area (Å²) < 4.78 is 13.2. The summed E-state index contributed by atoms with van der Waals surface area (Å²) in [5.74, 6) is -0.303. The maximum atomic E-state index is 13.2. The minimum atomic E-state index is -0.761. The SMILES string of the molecule is CC(C)N1CCC(O)(Cc2cc(F)ccc2Cl)CC1. The third kappa shape index (κ3) is 3.68. The first-order valence-corrected chi connectivity index (χ1v) is 7.18. The standard InChI is InChI=1S/C15H21ClFNO/c1-11(2)18-7-5-15(19,6-8-18)10-12-9-13(17)3-4-14(12)16/h3-4,9,11,19H,5-8,10H2,1-2H3. The van der Waals surface area contributed by atoms with Crippen molar-refractivity contribution >= 4 is 11.6 Å². The summed E-state index contributed by atoms with van der Waals surface area (Å²) in [7, 11) is 0. The maximum Gasteiger partial charge on any atom is 0.123 e. The Morgan fingerprint density at radius 2 is 2.00 bits per heavy atom. The Kier molecular flexibility index (Phi) is 4.49. The largest absolute Gasteiger partial charge is 0.389 e. The molecule has 1 aromatic carbocycles. The van der Waals surface area contributed by atoms with Crippen molar-refractivity contribution in [1.29, 1.82) is 0 Å². The van der Waals surface area contributed by atoms with Crippen molar-refractivity contribution in [3.05, 3.63) is 34.6 Å². The van der Waals surface area contributed by atoms with E-state index < -0.39 is 5.60 Å². The third-order valence-electron chi connectivity index (χ3n) is 3.99. The zero-order valence-electron chi connectivity index (χ0n) is 11.5. The van der Waals surface area contributed by atoms with Crippen molar-refractivity contribution < 1.29 is 9.50 Å². The van der Waals surface area contributed by atoms with Gasteiger partial charge in [0.2, 0.25) is 0 Å². The van der Waals surface area contributed by atoms with Crippen LogP contribution in [-0.2, 0) is 6.42 Å². The van der Waals surface area contributed by atoms with Gasteiger partial charge >= 0.3 is 0 Å². The Balaban J connectivity index is 2.05. The monoisotopic (exact) mass is 285 g/mol. The van der Waals surface area contributed by atoms with Crippen LogP contribution in [-0.4, -0.2) is 34.7 Å². The Labute approximate surface area is 119 Å². The molecule has 0 unspecified atom stereocenters. The van der Waals surface area contributed by atoms with Crippen LogP contribution in [0.15, 0.2) is 18.2 Å². The molecule has 1 aromatic rings. The first-order chi connectivity index (χ1) is 8.89. The van der Waals surface area contributed by atoms with Crippen LogP contribution in [0.1, 0.15) is 32.3 Å². The zero-order valence-corrected chi connectivity index (χ0v) is 12.3. The molecule has 2 rings (SSSR count). The number of nitrogens with zero attached hydrogens (tertiary/aromatic N) is 1. The molecule has 1 aliphatic rings. The molecule has 1 N–H and O–H groups in total. The maximum absolute atomic E-state index is 13.2. The van der Waals surface area contributed by atoms with Crippen LogP contribution in [0.2, 0.25) is 5.02 Å². The highest BCUT2D eigenvalue weighted by molar-refractivity contribution is 6.31. The van der Waals surface area contributed by atoms with Crippen molar-refractivity contribution in [1.82, 2.24) is 4.90 Å². The minimum Gasteiger partial charge on any atom is -0.389 e. The van der Waals surface area contributed by atoms with Gasteiger partial charge in [-0.05, 0) is 50.5 Å². The number of hydrogen-bond acceptors (Lipinski definition) is 2. The summed E-state index contributed by atoms with van der Waals surface area (Å²) in [5, 5.41) is 11.2. The number of rotatable bonds is 3. The van der Waals surface area contributed by atoms with E-state index in [1.807, 2.05) is 0 Å². The smallest absolute Gasteiger partial charge is 0.123 e. The molecular formula is C15H21ClFNO. The molecule has 0 saturated carbocycles. The summed E-state index contributed by atoms with van der Waals surface area (Å²) >= 11 is 6.07. The second kappa shape index (κ2) is 5.78. The summed E-state index contributed by atoms with van der Waals surface area (Å²) in [6.45, 7) is 6.07. The van der Waals surface area contributed by atoms with Gasteiger partial charge in [-0.15, -0.1) is 0 Å². The molecule has 1 fully saturated rings. The van der Waals surface area contributed by atoms with E-state index in [0.29, 0.717) is 35.9 Å². The molecule has 0 atom stereocenters. The third-order valence-corrected chi connectivity index (χ3v) is 4.36. The van der Waals surface area contributed by atoms with Gasteiger partial charge in [0, 0.05) is 30.6 Å². The van der Waals surface area contributed by atoms with Gasteiger partial charge in [-0.1, -0.05) is 11.6 Å². The van der Waals surface area contributed by atoms with Crippen LogP contribution in [0, 0.1) is 5.82 Å². The van der Waals surface area contributed by atoms with Gasteiger partial charge < -0.3 is 10.0 Å². The normalized spacial score (nSPS) is 19.9. The van der Waals surface area contributed by atoms with Crippen LogP contribution in [0.4, 0.5) is 4.39 Å². The van der Waals surface area contributed by atoms with E-state index in [1.54, 1.807) is 6.07 Å². The average Bonchev–Trinajstić information content (AvgIpc) is 2.34.